The van der Waals surface area contributed by atoms with Gasteiger partial charge in [-0.15, -0.1) is 0 Å². The second kappa shape index (κ2) is 6.59. The SMILES string of the molecule is Cc1ccc(NC(=O)CSCC2CNC2)c(Br)c1. The van der Waals surface area contributed by atoms with Crippen molar-refractivity contribution in [2.45, 2.75) is 6.92 Å². The molecule has 0 radical (unpaired) electrons. The molecule has 1 aromatic carbocycles. The molecule has 0 unspecified atom stereocenters. The Balaban J connectivity index is 1.75. The quantitative estimate of drug-likeness (QED) is 0.873. The highest BCUT2D eigenvalue weighted by Gasteiger charge is 2.16. The van der Waals surface area contributed by atoms with Crippen LogP contribution in [-0.4, -0.2) is 30.5 Å². The normalized spacial score (nSPS) is 15.2. The van der Waals surface area contributed by atoms with Gasteiger partial charge in [0, 0.05) is 4.47 Å². The number of benzene rings is 1. The monoisotopic (exact) mass is 328 g/mol. The van der Waals surface area contributed by atoms with Crippen LogP contribution in [0, 0.1) is 12.8 Å². The van der Waals surface area contributed by atoms with Gasteiger partial charge in [0.1, 0.15) is 0 Å². The smallest absolute Gasteiger partial charge is 0.234 e. The van der Waals surface area contributed by atoms with Crippen LogP contribution in [0.3, 0.4) is 0 Å². The number of hydrogen-bond acceptors (Lipinski definition) is 3. The summed E-state index contributed by atoms with van der Waals surface area (Å²) in [5.74, 6) is 2.40. The highest BCUT2D eigenvalue weighted by Crippen LogP contribution is 2.23. The zero-order chi connectivity index (χ0) is 13.0. The molecule has 2 rings (SSSR count). The Kier molecular flexibility index (Phi) is 5.09. The lowest BCUT2D eigenvalue weighted by molar-refractivity contribution is -0.113. The summed E-state index contributed by atoms with van der Waals surface area (Å²) in [6.07, 6.45) is 0. The third-order valence-corrected chi connectivity index (χ3v) is 4.68. The molecule has 18 heavy (non-hydrogen) atoms. The van der Waals surface area contributed by atoms with Gasteiger partial charge in [-0.2, -0.15) is 11.8 Å². The highest BCUT2D eigenvalue weighted by atomic mass is 79.9. The van der Waals surface area contributed by atoms with E-state index in [2.05, 4.69) is 26.6 Å². The molecule has 0 saturated carbocycles. The zero-order valence-corrected chi connectivity index (χ0v) is 12.7. The minimum absolute atomic E-state index is 0.0665. The van der Waals surface area contributed by atoms with Gasteiger partial charge in [0.25, 0.3) is 0 Å². The number of carbonyl (C=O) groups is 1. The zero-order valence-electron chi connectivity index (χ0n) is 10.3. The first-order valence-electron chi connectivity index (χ1n) is 5.99. The van der Waals surface area contributed by atoms with E-state index in [0.29, 0.717) is 5.75 Å². The van der Waals surface area contributed by atoms with Crippen LogP contribution >= 0.6 is 27.7 Å². The standard InChI is InChI=1S/C13H17BrN2OS/c1-9-2-3-12(11(14)4-9)16-13(17)8-18-7-10-5-15-6-10/h2-4,10,15H,5-8H2,1H3,(H,16,17). The largest absolute Gasteiger partial charge is 0.324 e. The Bertz CT molecular complexity index is 435. The van der Waals surface area contributed by atoms with Crippen molar-refractivity contribution in [3.63, 3.8) is 0 Å². The lowest BCUT2D eigenvalue weighted by Gasteiger charge is -2.26. The molecule has 1 aromatic rings. The summed E-state index contributed by atoms with van der Waals surface area (Å²) in [7, 11) is 0. The number of rotatable bonds is 5. The number of carbonyl (C=O) groups excluding carboxylic acids is 1. The molecule has 98 valence electrons. The minimum Gasteiger partial charge on any atom is -0.324 e. The lowest BCUT2D eigenvalue weighted by Crippen LogP contribution is -2.43. The van der Waals surface area contributed by atoms with E-state index in [1.807, 2.05) is 25.1 Å². The Hall–Kier alpha value is -0.520. The first kappa shape index (κ1) is 13.9. The van der Waals surface area contributed by atoms with Crippen LogP contribution in [0.25, 0.3) is 0 Å². The minimum atomic E-state index is 0.0665. The third kappa shape index (κ3) is 4.00. The van der Waals surface area contributed by atoms with Crippen LogP contribution in [0.4, 0.5) is 5.69 Å². The average molecular weight is 329 g/mol. The Morgan fingerprint density at radius 1 is 1.56 bits per heavy atom. The van der Waals surface area contributed by atoms with Gasteiger partial charge in [0.2, 0.25) is 5.91 Å². The molecule has 1 aliphatic rings. The van der Waals surface area contributed by atoms with E-state index in [9.17, 15) is 4.79 Å². The molecule has 1 heterocycles. The van der Waals surface area contributed by atoms with Crippen molar-refractivity contribution in [3.05, 3.63) is 28.2 Å². The number of anilines is 1. The van der Waals surface area contributed by atoms with E-state index < -0.39 is 0 Å². The van der Waals surface area contributed by atoms with Crippen LogP contribution in [0.2, 0.25) is 0 Å². The van der Waals surface area contributed by atoms with E-state index >= 15 is 0 Å². The number of nitrogens with one attached hydrogen (secondary N) is 2. The van der Waals surface area contributed by atoms with Gasteiger partial charge in [-0.05, 0) is 65.3 Å². The lowest BCUT2D eigenvalue weighted by atomic mass is 10.1. The number of halogens is 1. The maximum Gasteiger partial charge on any atom is 0.234 e. The van der Waals surface area contributed by atoms with Crippen LogP contribution in [0.1, 0.15) is 5.56 Å². The second-order valence-electron chi connectivity index (χ2n) is 4.57. The van der Waals surface area contributed by atoms with E-state index in [1.54, 1.807) is 11.8 Å². The fraction of sp³-hybridized carbons (Fsp3) is 0.462. The van der Waals surface area contributed by atoms with Crippen molar-refractivity contribution >= 4 is 39.3 Å². The molecule has 1 aliphatic heterocycles. The summed E-state index contributed by atoms with van der Waals surface area (Å²) in [6, 6.07) is 5.92. The van der Waals surface area contributed by atoms with E-state index in [4.69, 9.17) is 0 Å². The first-order chi connectivity index (χ1) is 8.65. The maximum atomic E-state index is 11.8. The maximum absolute atomic E-state index is 11.8. The van der Waals surface area contributed by atoms with E-state index in [0.717, 1.165) is 34.9 Å². The molecule has 2 N–H and O–H groups in total. The Morgan fingerprint density at radius 2 is 2.33 bits per heavy atom. The molecule has 5 heteroatoms. The summed E-state index contributed by atoms with van der Waals surface area (Å²) in [6.45, 7) is 4.22. The van der Waals surface area contributed by atoms with Gasteiger partial charge >= 0.3 is 0 Å². The molecule has 0 aliphatic carbocycles. The van der Waals surface area contributed by atoms with Crippen LogP contribution < -0.4 is 10.6 Å². The summed E-state index contributed by atoms with van der Waals surface area (Å²) in [4.78, 5) is 11.8. The summed E-state index contributed by atoms with van der Waals surface area (Å²) >= 11 is 5.16. The average Bonchev–Trinajstić information content (AvgIpc) is 2.26. The van der Waals surface area contributed by atoms with Gasteiger partial charge in [0.15, 0.2) is 0 Å². The first-order valence-corrected chi connectivity index (χ1v) is 7.94. The molecular weight excluding hydrogens is 312 g/mol. The molecule has 1 saturated heterocycles. The summed E-state index contributed by atoms with van der Waals surface area (Å²) in [5.41, 5.74) is 2.02. The second-order valence-corrected chi connectivity index (χ2v) is 6.46. The topological polar surface area (TPSA) is 41.1 Å². The number of amides is 1. The predicted molar refractivity (Wildman–Crippen MR) is 81.2 cm³/mol. The van der Waals surface area contributed by atoms with Crippen molar-refractivity contribution in [1.82, 2.24) is 5.32 Å². The number of aryl methyl sites for hydroxylation is 1. The van der Waals surface area contributed by atoms with E-state index in [1.165, 1.54) is 5.56 Å². The molecular formula is C13H17BrN2OS. The molecule has 0 bridgehead atoms. The summed E-state index contributed by atoms with van der Waals surface area (Å²) < 4.78 is 0.934. The van der Waals surface area contributed by atoms with Crippen molar-refractivity contribution in [3.8, 4) is 0 Å². The Labute approximate surface area is 120 Å². The summed E-state index contributed by atoms with van der Waals surface area (Å²) in [5, 5.41) is 6.16. The molecule has 0 spiro atoms. The predicted octanol–water partition coefficient (Wildman–Crippen LogP) is 2.65. The van der Waals surface area contributed by atoms with Crippen molar-refractivity contribution in [2.75, 3.05) is 29.9 Å². The van der Waals surface area contributed by atoms with Crippen molar-refractivity contribution in [2.24, 2.45) is 5.92 Å². The molecule has 0 aromatic heterocycles. The Morgan fingerprint density at radius 3 is 2.94 bits per heavy atom. The van der Waals surface area contributed by atoms with Crippen molar-refractivity contribution in [1.29, 1.82) is 0 Å². The van der Waals surface area contributed by atoms with Crippen LogP contribution in [-0.2, 0) is 4.79 Å². The molecule has 3 nitrogen and oxygen atoms in total. The van der Waals surface area contributed by atoms with E-state index in [-0.39, 0.29) is 5.91 Å². The highest BCUT2D eigenvalue weighted by molar-refractivity contribution is 9.10. The fourth-order valence-corrected chi connectivity index (χ4v) is 3.23. The fourth-order valence-electron chi connectivity index (χ4n) is 1.69. The molecule has 0 atom stereocenters. The van der Waals surface area contributed by atoms with Crippen LogP contribution in [0.5, 0.6) is 0 Å². The molecule has 1 amide bonds. The van der Waals surface area contributed by atoms with Gasteiger partial charge < -0.3 is 10.6 Å². The number of thioether (sulfide) groups is 1. The van der Waals surface area contributed by atoms with Gasteiger partial charge in [-0.25, -0.2) is 0 Å². The third-order valence-electron chi connectivity index (χ3n) is 2.85. The molecule has 1 fully saturated rings. The number of hydrogen-bond donors (Lipinski definition) is 2. The van der Waals surface area contributed by atoms with Crippen molar-refractivity contribution < 1.29 is 4.79 Å². The van der Waals surface area contributed by atoms with Gasteiger partial charge in [0.05, 0.1) is 11.4 Å². The van der Waals surface area contributed by atoms with Crippen LogP contribution in [0.15, 0.2) is 22.7 Å². The van der Waals surface area contributed by atoms with Gasteiger partial charge in [-0.3, -0.25) is 4.79 Å². The van der Waals surface area contributed by atoms with Gasteiger partial charge in [-0.1, -0.05) is 6.07 Å².